The summed E-state index contributed by atoms with van der Waals surface area (Å²) in [6, 6.07) is 4.15. The molecule has 1 aliphatic carbocycles. The molecule has 1 saturated carbocycles. The maximum Gasteiger partial charge on any atom is 0.169 e. The summed E-state index contributed by atoms with van der Waals surface area (Å²) in [6.07, 6.45) is 5.22. The van der Waals surface area contributed by atoms with E-state index in [0.29, 0.717) is 11.3 Å². The molecular weight excluding hydrogens is 243 g/mol. The zero-order valence-corrected chi connectivity index (χ0v) is 11.6. The van der Waals surface area contributed by atoms with Crippen LogP contribution < -0.4 is 4.74 Å². The van der Waals surface area contributed by atoms with Crippen LogP contribution in [-0.4, -0.2) is 12.9 Å². The Labute approximate surface area is 114 Å². The fourth-order valence-corrected chi connectivity index (χ4v) is 2.93. The Morgan fingerprint density at radius 1 is 1.32 bits per heavy atom. The van der Waals surface area contributed by atoms with Gasteiger partial charge in [0.15, 0.2) is 5.78 Å². The number of ketones is 1. The molecule has 3 heteroatoms. The minimum atomic E-state index is -0.383. The highest BCUT2D eigenvalue weighted by Crippen LogP contribution is 2.34. The fraction of sp³-hybridized carbons (Fsp3) is 0.562. The highest BCUT2D eigenvalue weighted by atomic mass is 19.1. The van der Waals surface area contributed by atoms with E-state index in [4.69, 9.17) is 4.74 Å². The first-order chi connectivity index (χ1) is 9.15. The van der Waals surface area contributed by atoms with Crippen molar-refractivity contribution in [2.75, 3.05) is 7.11 Å². The van der Waals surface area contributed by atoms with Gasteiger partial charge in [-0.25, -0.2) is 4.39 Å². The number of halogens is 1. The topological polar surface area (TPSA) is 26.3 Å². The highest BCUT2D eigenvalue weighted by Gasteiger charge is 2.28. The molecule has 2 nitrogen and oxygen atoms in total. The quantitative estimate of drug-likeness (QED) is 0.760. The lowest BCUT2D eigenvalue weighted by Gasteiger charge is -2.27. The minimum absolute atomic E-state index is 0.0264. The lowest BCUT2D eigenvalue weighted by molar-refractivity contribution is 0.0867. The van der Waals surface area contributed by atoms with Gasteiger partial charge in [-0.3, -0.25) is 4.79 Å². The molecule has 19 heavy (non-hydrogen) atoms. The van der Waals surface area contributed by atoms with Gasteiger partial charge in [0.25, 0.3) is 0 Å². The Morgan fingerprint density at radius 2 is 2.00 bits per heavy atom. The van der Waals surface area contributed by atoms with Crippen LogP contribution >= 0.6 is 0 Å². The fourth-order valence-electron chi connectivity index (χ4n) is 2.93. The maximum atomic E-state index is 13.3. The Morgan fingerprint density at radius 3 is 2.58 bits per heavy atom. The molecule has 0 atom stereocenters. The molecule has 104 valence electrons. The number of hydrogen-bond acceptors (Lipinski definition) is 2. The first-order valence-electron chi connectivity index (χ1n) is 7.03. The van der Waals surface area contributed by atoms with Gasteiger partial charge in [0.05, 0.1) is 12.7 Å². The van der Waals surface area contributed by atoms with Crippen molar-refractivity contribution in [3.05, 3.63) is 29.6 Å². The van der Waals surface area contributed by atoms with Crippen molar-refractivity contribution < 1.29 is 13.9 Å². The molecule has 0 N–H and O–H groups in total. The Kier molecular flexibility index (Phi) is 4.56. The summed E-state index contributed by atoms with van der Waals surface area (Å²) in [5, 5.41) is 0. The predicted molar refractivity (Wildman–Crippen MR) is 73.0 cm³/mol. The van der Waals surface area contributed by atoms with E-state index >= 15 is 0 Å². The van der Waals surface area contributed by atoms with E-state index in [1.165, 1.54) is 31.7 Å². The van der Waals surface area contributed by atoms with Crippen LogP contribution in [0.25, 0.3) is 0 Å². The molecule has 0 radical (unpaired) electrons. The van der Waals surface area contributed by atoms with Crippen molar-refractivity contribution in [3.63, 3.8) is 0 Å². The molecule has 0 bridgehead atoms. The van der Waals surface area contributed by atoms with E-state index in [2.05, 4.69) is 6.92 Å². The summed E-state index contributed by atoms with van der Waals surface area (Å²) in [4.78, 5) is 12.5. The van der Waals surface area contributed by atoms with Crippen molar-refractivity contribution in [1.29, 1.82) is 0 Å². The van der Waals surface area contributed by atoms with Gasteiger partial charge in [-0.1, -0.05) is 13.3 Å². The van der Waals surface area contributed by atoms with Crippen LogP contribution in [-0.2, 0) is 0 Å². The number of benzene rings is 1. The first kappa shape index (κ1) is 14.0. The third-order valence-corrected chi connectivity index (χ3v) is 4.22. The van der Waals surface area contributed by atoms with Gasteiger partial charge in [-0.2, -0.15) is 0 Å². The molecule has 0 heterocycles. The van der Waals surface area contributed by atoms with Crippen LogP contribution in [0.4, 0.5) is 4.39 Å². The maximum absolute atomic E-state index is 13.3. The molecule has 1 aliphatic rings. The second kappa shape index (κ2) is 6.18. The Hall–Kier alpha value is -1.38. The number of hydrogen-bond donors (Lipinski definition) is 0. The summed E-state index contributed by atoms with van der Waals surface area (Å²) >= 11 is 0. The third kappa shape index (κ3) is 3.14. The summed E-state index contributed by atoms with van der Waals surface area (Å²) in [6.45, 7) is 2.20. The van der Waals surface area contributed by atoms with Crippen molar-refractivity contribution in [2.24, 2.45) is 11.8 Å². The molecule has 1 aromatic carbocycles. The van der Waals surface area contributed by atoms with Crippen LogP contribution in [0.1, 0.15) is 49.4 Å². The summed E-state index contributed by atoms with van der Waals surface area (Å²) < 4.78 is 18.5. The normalized spacial score (nSPS) is 23.1. The van der Waals surface area contributed by atoms with E-state index in [-0.39, 0.29) is 17.5 Å². The van der Waals surface area contributed by atoms with Crippen molar-refractivity contribution >= 4 is 5.78 Å². The molecule has 0 amide bonds. The average Bonchev–Trinajstić information content (AvgIpc) is 2.46. The molecule has 0 spiro atoms. The van der Waals surface area contributed by atoms with E-state index in [0.717, 1.165) is 31.6 Å². The Bertz CT molecular complexity index is 448. The summed E-state index contributed by atoms with van der Waals surface area (Å²) in [7, 11) is 1.51. The minimum Gasteiger partial charge on any atom is -0.496 e. The second-order valence-electron chi connectivity index (χ2n) is 5.33. The molecule has 2 rings (SSSR count). The number of ether oxygens (including phenoxy) is 1. The van der Waals surface area contributed by atoms with Gasteiger partial charge < -0.3 is 4.74 Å². The Balaban J connectivity index is 2.14. The van der Waals surface area contributed by atoms with Gasteiger partial charge in [0.2, 0.25) is 0 Å². The number of rotatable bonds is 4. The number of carbonyl (C=O) groups excluding carboxylic acids is 1. The summed E-state index contributed by atoms with van der Waals surface area (Å²) in [5.74, 6) is 0.901. The van der Waals surface area contributed by atoms with Gasteiger partial charge in [0.1, 0.15) is 11.6 Å². The molecular formula is C16H21FO2. The van der Waals surface area contributed by atoms with Crippen LogP contribution in [0, 0.1) is 17.7 Å². The molecule has 0 aliphatic heterocycles. The van der Waals surface area contributed by atoms with E-state index in [9.17, 15) is 9.18 Å². The monoisotopic (exact) mass is 264 g/mol. The number of methoxy groups -OCH3 is 1. The largest absolute Gasteiger partial charge is 0.496 e. The lowest BCUT2D eigenvalue weighted by Crippen LogP contribution is -2.22. The van der Waals surface area contributed by atoms with Crippen LogP contribution in [0.2, 0.25) is 0 Å². The molecule has 0 saturated heterocycles. The zero-order chi connectivity index (χ0) is 13.8. The number of Topliss-reactive ketones (excluding diaryl/α,β-unsaturated/α-hetero) is 1. The van der Waals surface area contributed by atoms with Crippen LogP contribution in [0.3, 0.4) is 0 Å². The van der Waals surface area contributed by atoms with Gasteiger partial charge in [-0.15, -0.1) is 0 Å². The van der Waals surface area contributed by atoms with E-state index in [1.807, 2.05) is 0 Å². The van der Waals surface area contributed by atoms with E-state index < -0.39 is 0 Å². The van der Waals surface area contributed by atoms with Crippen molar-refractivity contribution in [2.45, 2.75) is 39.0 Å². The number of carbonyl (C=O) groups is 1. The van der Waals surface area contributed by atoms with Crippen molar-refractivity contribution in [3.8, 4) is 5.75 Å². The van der Waals surface area contributed by atoms with Crippen molar-refractivity contribution in [1.82, 2.24) is 0 Å². The predicted octanol–water partition coefficient (Wildman–Crippen LogP) is 4.23. The van der Waals surface area contributed by atoms with Crippen LogP contribution in [0.15, 0.2) is 18.2 Å². The van der Waals surface area contributed by atoms with Crippen LogP contribution in [0.5, 0.6) is 5.75 Å². The van der Waals surface area contributed by atoms with Gasteiger partial charge >= 0.3 is 0 Å². The molecule has 1 fully saturated rings. The van der Waals surface area contributed by atoms with Gasteiger partial charge in [-0.05, 0) is 49.8 Å². The smallest absolute Gasteiger partial charge is 0.169 e. The zero-order valence-electron chi connectivity index (χ0n) is 11.6. The lowest BCUT2D eigenvalue weighted by atomic mass is 9.77. The SMILES string of the molecule is CCC1CCC(C(=O)c2cc(F)ccc2OC)CC1. The molecule has 0 aromatic heterocycles. The second-order valence-corrected chi connectivity index (χ2v) is 5.33. The average molecular weight is 264 g/mol. The highest BCUT2D eigenvalue weighted by molar-refractivity contribution is 6.00. The van der Waals surface area contributed by atoms with E-state index in [1.54, 1.807) is 0 Å². The summed E-state index contributed by atoms with van der Waals surface area (Å²) in [5.41, 5.74) is 0.391. The van der Waals surface area contributed by atoms with Gasteiger partial charge in [0, 0.05) is 5.92 Å². The molecule has 1 aromatic rings. The third-order valence-electron chi connectivity index (χ3n) is 4.22. The first-order valence-corrected chi connectivity index (χ1v) is 7.03. The standard InChI is InChI=1S/C16H21FO2/c1-3-11-4-6-12(7-5-11)16(18)14-10-13(17)8-9-15(14)19-2/h8-12H,3-7H2,1-2H3. The molecule has 0 unspecified atom stereocenters.